The molecule has 0 saturated carbocycles. The van der Waals surface area contributed by atoms with Gasteiger partial charge in [0, 0.05) is 24.7 Å². The van der Waals surface area contributed by atoms with Gasteiger partial charge in [0.1, 0.15) is 11.3 Å². The van der Waals surface area contributed by atoms with Crippen LogP contribution in [0.5, 0.6) is 0 Å². The number of carbonyl (C=O) groups excluding carboxylic acids is 1. The molecule has 176 valence electrons. The third-order valence-electron chi connectivity index (χ3n) is 6.35. The van der Waals surface area contributed by atoms with Crippen LogP contribution in [0, 0.1) is 18.7 Å². The van der Waals surface area contributed by atoms with Gasteiger partial charge in [0.2, 0.25) is 15.9 Å². The SMILES string of the molecule is CC[C@H](C)n1nnc2cc(S(=O)(=O)N3CCC(C(=O)Nc4ccc(C)c(F)c4)CC3)ccc21. The van der Waals surface area contributed by atoms with Gasteiger partial charge in [-0.1, -0.05) is 18.2 Å². The number of aromatic nitrogens is 3. The molecule has 10 heteroatoms. The summed E-state index contributed by atoms with van der Waals surface area (Å²) < 4.78 is 43.3. The fourth-order valence-electron chi connectivity index (χ4n) is 4.00. The number of carbonyl (C=O) groups is 1. The first kappa shape index (κ1) is 23.3. The van der Waals surface area contributed by atoms with E-state index in [-0.39, 0.29) is 41.7 Å². The molecule has 3 aromatic rings. The molecule has 4 rings (SSSR count). The molecule has 1 aliphatic heterocycles. The van der Waals surface area contributed by atoms with E-state index in [1.807, 2.05) is 6.92 Å². The van der Waals surface area contributed by atoms with Crippen LogP contribution < -0.4 is 5.32 Å². The Morgan fingerprint density at radius 2 is 1.94 bits per heavy atom. The van der Waals surface area contributed by atoms with E-state index < -0.39 is 10.0 Å². The maximum absolute atomic E-state index is 13.7. The number of nitrogens with zero attached hydrogens (tertiary/aromatic N) is 4. The molecule has 1 aromatic heterocycles. The van der Waals surface area contributed by atoms with Crippen LogP contribution in [0.15, 0.2) is 41.3 Å². The zero-order chi connectivity index (χ0) is 23.8. The summed E-state index contributed by atoms with van der Waals surface area (Å²) in [6.45, 7) is 6.22. The summed E-state index contributed by atoms with van der Waals surface area (Å²) in [4.78, 5) is 12.8. The highest BCUT2D eigenvalue weighted by Crippen LogP contribution is 2.27. The first-order chi connectivity index (χ1) is 15.7. The second-order valence-corrected chi connectivity index (χ2v) is 10.5. The molecule has 1 saturated heterocycles. The first-order valence-corrected chi connectivity index (χ1v) is 12.6. The van der Waals surface area contributed by atoms with Crippen LogP contribution in [0.4, 0.5) is 10.1 Å². The van der Waals surface area contributed by atoms with E-state index in [9.17, 15) is 17.6 Å². The molecule has 0 spiro atoms. The minimum absolute atomic E-state index is 0.166. The zero-order valence-electron chi connectivity index (χ0n) is 19.0. The van der Waals surface area contributed by atoms with Crippen molar-refractivity contribution in [3.63, 3.8) is 0 Å². The third-order valence-corrected chi connectivity index (χ3v) is 8.25. The molecule has 1 fully saturated rings. The number of fused-ring (bicyclic) bond motifs is 1. The molecule has 1 N–H and O–H groups in total. The van der Waals surface area contributed by atoms with Crippen molar-refractivity contribution in [2.24, 2.45) is 5.92 Å². The van der Waals surface area contributed by atoms with Crippen LogP contribution in [0.25, 0.3) is 11.0 Å². The van der Waals surface area contributed by atoms with Gasteiger partial charge < -0.3 is 5.32 Å². The van der Waals surface area contributed by atoms with E-state index in [0.717, 1.165) is 11.9 Å². The number of piperidine rings is 1. The van der Waals surface area contributed by atoms with Crippen LogP contribution in [0.3, 0.4) is 0 Å². The lowest BCUT2D eigenvalue weighted by molar-refractivity contribution is -0.120. The maximum Gasteiger partial charge on any atom is 0.243 e. The van der Waals surface area contributed by atoms with Crippen molar-refractivity contribution in [2.75, 3.05) is 18.4 Å². The molecule has 8 nitrogen and oxygen atoms in total. The lowest BCUT2D eigenvalue weighted by Crippen LogP contribution is -2.41. The summed E-state index contributed by atoms with van der Waals surface area (Å²) in [5, 5.41) is 11.0. The van der Waals surface area contributed by atoms with E-state index in [2.05, 4.69) is 22.6 Å². The molecule has 1 amide bonds. The van der Waals surface area contributed by atoms with E-state index in [4.69, 9.17) is 0 Å². The molecule has 0 aliphatic carbocycles. The largest absolute Gasteiger partial charge is 0.326 e. The number of halogens is 1. The molecule has 2 aromatic carbocycles. The average Bonchev–Trinajstić information content (AvgIpc) is 3.24. The molecular weight excluding hydrogens is 445 g/mol. The maximum atomic E-state index is 13.7. The Morgan fingerprint density at radius 1 is 1.21 bits per heavy atom. The Balaban J connectivity index is 1.43. The van der Waals surface area contributed by atoms with Gasteiger partial charge >= 0.3 is 0 Å². The van der Waals surface area contributed by atoms with Gasteiger partial charge in [0.05, 0.1) is 16.5 Å². The molecule has 33 heavy (non-hydrogen) atoms. The zero-order valence-corrected chi connectivity index (χ0v) is 19.8. The van der Waals surface area contributed by atoms with Gasteiger partial charge in [-0.05, 0) is 69.0 Å². The monoisotopic (exact) mass is 473 g/mol. The van der Waals surface area contributed by atoms with Crippen molar-refractivity contribution in [1.82, 2.24) is 19.3 Å². The Kier molecular flexibility index (Phi) is 6.49. The minimum atomic E-state index is -3.71. The normalized spacial score (nSPS) is 16.7. The molecule has 1 atom stereocenters. The van der Waals surface area contributed by atoms with Crippen LogP contribution in [0.2, 0.25) is 0 Å². The Morgan fingerprint density at radius 3 is 2.61 bits per heavy atom. The van der Waals surface area contributed by atoms with Crippen LogP contribution in [-0.2, 0) is 14.8 Å². The van der Waals surface area contributed by atoms with Crippen LogP contribution in [-0.4, -0.2) is 46.7 Å². The van der Waals surface area contributed by atoms with Gasteiger partial charge in [-0.3, -0.25) is 4.79 Å². The van der Waals surface area contributed by atoms with Crippen molar-refractivity contribution in [3.8, 4) is 0 Å². The van der Waals surface area contributed by atoms with Crippen molar-refractivity contribution in [2.45, 2.75) is 51.0 Å². The van der Waals surface area contributed by atoms with E-state index >= 15 is 0 Å². The van der Waals surface area contributed by atoms with Crippen molar-refractivity contribution < 1.29 is 17.6 Å². The molecule has 0 radical (unpaired) electrons. The number of sulfonamides is 1. The fraction of sp³-hybridized carbons (Fsp3) is 0.435. The summed E-state index contributed by atoms with van der Waals surface area (Å²) in [5.74, 6) is -0.938. The van der Waals surface area contributed by atoms with E-state index in [0.29, 0.717) is 29.6 Å². The number of benzene rings is 2. The summed E-state index contributed by atoms with van der Waals surface area (Å²) in [7, 11) is -3.71. The smallest absolute Gasteiger partial charge is 0.243 e. The van der Waals surface area contributed by atoms with Gasteiger partial charge in [-0.15, -0.1) is 5.10 Å². The Bertz CT molecular complexity index is 1280. The minimum Gasteiger partial charge on any atom is -0.326 e. The van der Waals surface area contributed by atoms with Crippen molar-refractivity contribution in [1.29, 1.82) is 0 Å². The van der Waals surface area contributed by atoms with Gasteiger partial charge in [-0.2, -0.15) is 4.31 Å². The second kappa shape index (κ2) is 9.18. The van der Waals surface area contributed by atoms with E-state index in [1.54, 1.807) is 41.9 Å². The Labute approximate surface area is 192 Å². The summed E-state index contributed by atoms with van der Waals surface area (Å²) >= 11 is 0. The number of aryl methyl sites for hydroxylation is 1. The lowest BCUT2D eigenvalue weighted by Gasteiger charge is -2.30. The predicted octanol–water partition coefficient (Wildman–Crippen LogP) is 3.89. The summed E-state index contributed by atoms with van der Waals surface area (Å²) in [5.41, 5.74) is 2.24. The highest BCUT2D eigenvalue weighted by molar-refractivity contribution is 7.89. The number of nitrogens with one attached hydrogen (secondary N) is 1. The number of hydrogen-bond acceptors (Lipinski definition) is 5. The molecular formula is C23H28FN5O3S. The molecule has 0 bridgehead atoms. The molecule has 1 aliphatic rings. The number of amides is 1. The number of rotatable bonds is 6. The average molecular weight is 474 g/mol. The highest BCUT2D eigenvalue weighted by atomic mass is 32.2. The van der Waals surface area contributed by atoms with Gasteiger partial charge in [0.15, 0.2) is 0 Å². The molecule has 2 heterocycles. The Hall–Kier alpha value is -2.85. The van der Waals surface area contributed by atoms with Crippen molar-refractivity contribution >= 4 is 32.7 Å². The fourth-order valence-corrected chi connectivity index (χ4v) is 5.49. The topological polar surface area (TPSA) is 97.2 Å². The predicted molar refractivity (Wildman–Crippen MR) is 124 cm³/mol. The second-order valence-electron chi connectivity index (χ2n) is 8.57. The standard InChI is InChI=1S/C23H28FN5O3S/c1-4-16(3)29-22-8-7-19(14-21(22)26-27-29)33(31,32)28-11-9-17(10-12-28)23(30)25-18-6-5-15(2)20(24)13-18/h5-8,13-14,16-17H,4,9-12H2,1-3H3,(H,25,30)/t16-/m0/s1. The van der Waals surface area contributed by atoms with Crippen molar-refractivity contribution in [3.05, 3.63) is 47.8 Å². The highest BCUT2D eigenvalue weighted by Gasteiger charge is 2.32. The summed E-state index contributed by atoms with van der Waals surface area (Å²) in [6, 6.07) is 9.61. The first-order valence-electron chi connectivity index (χ1n) is 11.1. The third kappa shape index (κ3) is 4.63. The van der Waals surface area contributed by atoms with Gasteiger partial charge in [0.25, 0.3) is 0 Å². The number of anilines is 1. The van der Waals surface area contributed by atoms with Crippen LogP contribution in [0.1, 0.15) is 44.7 Å². The van der Waals surface area contributed by atoms with Crippen LogP contribution >= 0.6 is 0 Å². The quantitative estimate of drug-likeness (QED) is 0.586. The summed E-state index contributed by atoms with van der Waals surface area (Å²) in [6.07, 6.45) is 1.68. The lowest BCUT2D eigenvalue weighted by atomic mass is 9.97. The molecule has 0 unspecified atom stereocenters. The van der Waals surface area contributed by atoms with Gasteiger partial charge in [-0.25, -0.2) is 17.5 Å². The van der Waals surface area contributed by atoms with E-state index in [1.165, 1.54) is 10.4 Å². The number of hydrogen-bond donors (Lipinski definition) is 1.